The summed E-state index contributed by atoms with van der Waals surface area (Å²) in [6.07, 6.45) is -2.49. The summed E-state index contributed by atoms with van der Waals surface area (Å²) >= 11 is 0. The Hall–Kier alpha value is -4.19. The first-order valence-electron chi connectivity index (χ1n) is 12.4. The second-order valence-electron chi connectivity index (χ2n) is 8.60. The fourth-order valence-corrected chi connectivity index (χ4v) is 4.23. The molecule has 0 aliphatic carbocycles. The average molecular weight is 546 g/mol. The van der Waals surface area contributed by atoms with Crippen LogP contribution in [0.25, 0.3) is 33.2 Å². The predicted molar refractivity (Wildman–Crippen MR) is 142 cm³/mol. The van der Waals surface area contributed by atoms with Crippen LogP contribution in [0.15, 0.2) is 59.5 Å². The molecular formula is C27H30F3N5O4. The van der Waals surface area contributed by atoms with Crippen molar-refractivity contribution >= 4 is 33.8 Å². The summed E-state index contributed by atoms with van der Waals surface area (Å²) in [5.74, 6) is -2.71. The number of carbonyl (C=O) groups is 2. The first-order valence-corrected chi connectivity index (χ1v) is 12.4. The lowest BCUT2D eigenvalue weighted by atomic mass is 10.1. The number of fused-ring (bicyclic) bond motifs is 2. The minimum Gasteiger partial charge on any atom is -0.475 e. The lowest BCUT2D eigenvalue weighted by Gasteiger charge is -2.19. The number of amides is 1. The number of rotatable bonds is 8. The van der Waals surface area contributed by atoms with E-state index in [4.69, 9.17) is 20.6 Å². The van der Waals surface area contributed by atoms with Crippen LogP contribution in [-0.4, -0.2) is 61.8 Å². The molecule has 0 atom stereocenters. The number of hydrogen-bond acceptors (Lipinski definition) is 5. The van der Waals surface area contributed by atoms with Gasteiger partial charge in [0.05, 0.1) is 11.0 Å². The molecule has 4 rings (SSSR count). The van der Waals surface area contributed by atoms with Crippen LogP contribution in [0.3, 0.4) is 0 Å². The predicted octanol–water partition coefficient (Wildman–Crippen LogP) is 3.87. The molecule has 12 heteroatoms. The highest BCUT2D eigenvalue weighted by Crippen LogP contribution is 2.29. The van der Waals surface area contributed by atoms with Gasteiger partial charge in [0.2, 0.25) is 5.91 Å². The zero-order valence-electron chi connectivity index (χ0n) is 21.6. The smallest absolute Gasteiger partial charge is 0.475 e. The number of para-hydroxylation sites is 3. The summed E-state index contributed by atoms with van der Waals surface area (Å²) in [7, 11) is 0. The van der Waals surface area contributed by atoms with Crippen LogP contribution >= 0.6 is 0 Å². The number of aromatic nitrogens is 3. The molecule has 2 aromatic carbocycles. The van der Waals surface area contributed by atoms with Crippen LogP contribution < -0.4 is 11.3 Å². The number of carboxylic acid groups (broad SMARTS) is 1. The zero-order valence-corrected chi connectivity index (χ0v) is 21.6. The van der Waals surface area contributed by atoms with Gasteiger partial charge in [-0.25, -0.2) is 9.78 Å². The van der Waals surface area contributed by atoms with Crippen molar-refractivity contribution in [3.8, 4) is 11.3 Å². The molecule has 2 heterocycles. The van der Waals surface area contributed by atoms with Crippen LogP contribution in [0.1, 0.15) is 20.3 Å². The van der Waals surface area contributed by atoms with E-state index >= 15 is 0 Å². The maximum absolute atomic E-state index is 13.5. The molecule has 3 N–H and O–H groups in total. The van der Waals surface area contributed by atoms with Gasteiger partial charge in [0.25, 0.3) is 5.56 Å². The summed E-state index contributed by atoms with van der Waals surface area (Å²) in [5, 5.41) is 8.03. The van der Waals surface area contributed by atoms with E-state index in [1.54, 1.807) is 4.57 Å². The number of carboxylic acids is 1. The van der Waals surface area contributed by atoms with Crippen molar-refractivity contribution in [1.82, 2.24) is 19.0 Å². The maximum atomic E-state index is 13.5. The van der Waals surface area contributed by atoms with Crippen molar-refractivity contribution in [2.24, 2.45) is 5.73 Å². The van der Waals surface area contributed by atoms with Crippen molar-refractivity contribution in [2.75, 3.05) is 19.6 Å². The van der Waals surface area contributed by atoms with E-state index in [9.17, 15) is 22.8 Å². The maximum Gasteiger partial charge on any atom is 0.490 e. The van der Waals surface area contributed by atoms with E-state index in [1.807, 2.05) is 78.0 Å². The number of aliphatic carboxylic acids is 1. The molecular weight excluding hydrogens is 515 g/mol. The Bertz CT molecular complexity index is 1520. The van der Waals surface area contributed by atoms with Gasteiger partial charge < -0.3 is 24.9 Å². The lowest BCUT2D eigenvalue weighted by Crippen LogP contribution is -2.33. The molecule has 2 aromatic heterocycles. The number of hydrogen-bond donors (Lipinski definition) is 2. The molecule has 0 aliphatic heterocycles. The standard InChI is InChI=1S/C25H29N5O2.C2HF3O2/c1-3-28(4-2)23(31)17-29-16-19(18-10-5-7-12-21(18)29)24-25(32)30(15-9-14-26)22-13-8-6-11-20(22)27-24;3-2(4,5)1(6)7/h5-8,10-13,16H,3-4,9,14-15,17,26H2,1-2H3;(H,6,7). The summed E-state index contributed by atoms with van der Waals surface area (Å²) in [4.78, 5) is 41.8. The Kier molecular flexibility index (Phi) is 9.47. The highest BCUT2D eigenvalue weighted by molar-refractivity contribution is 5.96. The first-order chi connectivity index (χ1) is 18.5. The third-order valence-electron chi connectivity index (χ3n) is 6.15. The van der Waals surface area contributed by atoms with Gasteiger partial charge in [-0.2, -0.15) is 13.2 Å². The van der Waals surface area contributed by atoms with Gasteiger partial charge in [-0.15, -0.1) is 0 Å². The number of likely N-dealkylation sites (N-methyl/N-ethyl adjacent to an activating group) is 1. The number of halogens is 3. The fraction of sp³-hybridized carbons (Fsp3) is 0.333. The third-order valence-corrected chi connectivity index (χ3v) is 6.15. The van der Waals surface area contributed by atoms with Crippen molar-refractivity contribution in [3.63, 3.8) is 0 Å². The van der Waals surface area contributed by atoms with Gasteiger partial charge >= 0.3 is 12.1 Å². The van der Waals surface area contributed by atoms with E-state index in [2.05, 4.69) is 0 Å². The van der Waals surface area contributed by atoms with Crippen LogP contribution in [0.2, 0.25) is 0 Å². The van der Waals surface area contributed by atoms with Gasteiger partial charge in [-0.05, 0) is 45.0 Å². The molecule has 39 heavy (non-hydrogen) atoms. The van der Waals surface area contributed by atoms with Crippen molar-refractivity contribution in [1.29, 1.82) is 0 Å². The average Bonchev–Trinajstić information content (AvgIpc) is 3.26. The van der Waals surface area contributed by atoms with Crippen LogP contribution in [0.5, 0.6) is 0 Å². The molecule has 208 valence electrons. The Morgan fingerprint density at radius 1 is 1.03 bits per heavy atom. The zero-order chi connectivity index (χ0) is 28.7. The van der Waals surface area contributed by atoms with Crippen molar-refractivity contribution in [3.05, 3.63) is 65.1 Å². The van der Waals surface area contributed by atoms with Crippen LogP contribution in [0, 0.1) is 0 Å². The van der Waals surface area contributed by atoms with E-state index < -0.39 is 12.1 Å². The topological polar surface area (TPSA) is 123 Å². The Labute approximate surface area is 222 Å². The molecule has 0 spiro atoms. The number of aryl methyl sites for hydroxylation is 1. The summed E-state index contributed by atoms with van der Waals surface area (Å²) in [6.45, 7) is 6.54. The molecule has 0 aliphatic rings. The number of benzene rings is 2. The molecule has 0 saturated heterocycles. The van der Waals surface area contributed by atoms with E-state index in [-0.39, 0.29) is 18.0 Å². The van der Waals surface area contributed by atoms with Gasteiger partial charge in [0.15, 0.2) is 0 Å². The summed E-state index contributed by atoms with van der Waals surface area (Å²) in [6, 6.07) is 15.5. The van der Waals surface area contributed by atoms with Crippen molar-refractivity contribution in [2.45, 2.75) is 39.5 Å². The molecule has 1 amide bonds. The number of nitrogens with two attached hydrogens (primary N) is 1. The van der Waals surface area contributed by atoms with Crippen molar-refractivity contribution < 1.29 is 27.9 Å². The largest absolute Gasteiger partial charge is 0.490 e. The Balaban J connectivity index is 0.000000532. The number of alkyl halides is 3. The highest BCUT2D eigenvalue weighted by Gasteiger charge is 2.38. The van der Waals surface area contributed by atoms with Gasteiger partial charge in [-0.3, -0.25) is 9.59 Å². The lowest BCUT2D eigenvalue weighted by molar-refractivity contribution is -0.192. The first kappa shape index (κ1) is 29.4. The highest BCUT2D eigenvalue weighted by atomic mass is 19.4. The van der Waals surface area contributed by atoms with Gasteiger partial charge in [0, 0.05) is 42.3 Å². The van der Waals surface area contributed by atoms with Gasteiger partial charge in [0.1, 0.15) is 12.2 Å². The Morgan fingerprint density at radius 3 is 2.21 bits per heavy atom. The molecule has 0 fully saturated rings. The second kappa shape index (κ2) is 12.6. The van der Waals surface area contributed by atoms with Crippen LogP contribution in [-0.2, 0) is 22.7 Å². The molecule has 0 saturated carbocycles. The van der Waals surface area contributed by atoms with Crippen LogP contribution in [0.4, 0.5) is 13.2 Å². The normalized spacial score (nSPS) is 11.3. The third kappa shape index (κ3) is 6.63. The molecule has 0 radical (unpaired) electrons. The minimum atomic E-state index is -5.08. The van der Waals surface area contributed by atoms with E-state index in [1.165, 1.54) is 0 Å². The molecule has 0 bridgehead atoms. The SMILES string of the molecule is CCN(CC)C(=O)Cn1cc(-c2nc3ccccc3n(CCCN)c2=O)c2ccccc21.O=C(O)C(F)(F)F. The Morgan fingerprint density at radius 2 is 1.62 bits per heavy atom. The number of nitrogens with zero attached hydrogens (tertiary/aromatic N) is 4. The quantitative estimate of drug-likeness (QED) is 0.347. The molecule has 9 nitrogen and oxygen atoms in total. The summed E-state index contributed by atoms with van der Waals surface area (Å²) in [5.41, 5.74) is 9.18. The summed E-state index contributed by atoms with van der Waals surface area (Å²) < 4.78 is 35.4. The second-order valence-corrected chi connectivity index (χ2v) is 8.60. The molecule has 4 aromatic rings. The minimum absolute atomic E-state index is 0.0501. The monoisotopic (exact) mass is 545 g/mol. The van der Waals surface area contributed by atoms with E-state index in [0.29, 0.717) is 38.3 Å². The van der Waals surface area contributed by atoms with Gasteiger partial charge in [-0.1, -0.05) is 30.3 Å². The van der Waals surface area contributed by atoms with E-state index in [0.717, 1.165) is 27.5 Å². The number of carbonyl (C=O) groups excluding carboxylic acids is 1. The molecule has 0 unspecified atom stereocenters. The fourth-order valence-electron chi connectivity index (χ4n) is 4.23.